The topological polar surface area (TPSA) is 91.1 Å². The number of carbonyl (C=O) groups excluding carboxylic acids is 1. The lowest BCUT2D eigenvalue weighted by Crippen LogP contribution is -2.29. The molecule has 6 nitrogen and oxygen atoms in total. The van der Waals surface area contributed by atoms with Crippen molar-refractivity contribution in [2.24, 2.45) is 9.98 Å². The smallest absolute Gasteiger partial charge is 0.322 e. The second-order valence-electron chi connectivity index (χ2n) is 4.32. The van der Waals surface area contributed by atoms with E-state index in [-0.39, 0.29) is 0 Å². The normalized spacial score (nSPS) is 11.8. The molecule has 1 aromatic carbocycles. The summed E-state index contributed by atoms with van der Waals surface area (Å²) in [5.41, 5.74) is 2.00. The Hall–Kier alpha value is -3.02. The summed E-state index contributed by atoms with van der Waals surface area (Å²) in [5, 5.41) is 10.8. The van der Waals surface area contributed by atoms with Gasteiger partial charge in [-0.2, -0.15) is 0 Å². The molecule has 0 aliphatic heterocycles. The lowest BCUT2D eigenvalue weighted by molar-refractivity contribution is -0.135. The van der Waals surface area contributed by atoms with Crippen LogP contribution in [0.4, 0.5) is 5.69 Å². The van der Waals surface area contributed by atoms with E-state index in [2.05, 4.69) is 22.0 Å². The summed E-state index contributed by atoms with van der Waals surface area (Å²) in [6.07, 6.45) is 6.85. The molecule has 0 bridgehead atoms. The molecular formula is C16H17N3O3. The number of nitrogens with one attached hydrogen (secondary N) is 1. The van der Waals surface area contributed by atoms with E-state index in [1.807, 2.05) is 13.0 Å². The number of carboxylic acids is 1. The van der Waals surface area contributed by atoms with Crippen LogP contribution in [0, 0.1) is 0 Å². The molecule has 0 atom stereocenters. The number of benzene rings is 1. The van der Waals surface area contributed by atoms with Crippen molar-refractivity contribution in [2.75, 3.05) is 6.54 Å². The van der Waals surface area contributed by atoms with Gasteiger partial charge in [0.2, 0.25) is 0 Å². The van der Waals surface area contributed by atoms with Gasteiger partial charge in [-0.3, -0.25) is 19.6 Å². The lowest BCUT2D eigenvalue weighted by Gasteiger charge is -2.02. The van der Waals surface area contributed by atoms with Crippen LogP contribution in [0.2, 0.25) is 0 Å². The Morgan fingerprint density at radius 2 is 2.00 bits per heavy atom. The number of hydrogen-bond donors (Lipinski definition) is 2. The third-order valence-corrected chi connectivity index (χ3v) is 2.50. The standard InChI is InChI=1S/C16H17N3O3/c1-12(4-3-9-17-2)10-18-14-7-5-13(6-8-14)16(22)19-11-15(20)21/h3-10H,2,11H2,1H3,(H,19,22)(H,20,21). The fourth-order valence-corrected chi connectivity index (χ4v) is 1.43. The highest BCUT2D eigenvalue weighted by atomic mass is 16.4. The van der Waals surface area contributed by atoms with Crippen molar-refractivity contribution in [1.29, 1.82) is 0 Å². The quantitative estimate of drug-likeness (QED) is 0.598. The predicted molar refractivity (Wildman–Crippen MR) is 87.0 cm³/mol. The van der Waals surface area contributed by atoms with Gasteiger partial charge in [-0.25, -0.2) is 0 Å². The lowest BCUT2D eigenvalue weighted by atomic mass is 10.2. The fourth-order valence-electron chi connectivity index (χ4n) is 1.43. The van der Waals surface area contributed by atoms with Crippen molar-refractivity contribution < 1.29 is 14.7 Å². The number of aliphatic carboxylic acids is 1. The zero-order valence-corrected chi connectivity index (χ0v) is 12.2. The van der Waals surface area contributed by atoms with E-state index >= 15 is 0 Å². The summed E-state index contributed by atoms with van der Waals surface area (Å²) >= 11 is 0. The molecule has 1 aromatic rings. The molecule has 0 saturated carbocycles. The summed E-state index contributed by atoms with van der Waals surface area (Å²) in [7, 11) is 0. The molecule has 0 aliphatic carbocycles. The van der Waals surface area contributed by atoms with E-state index in [4.69, 9.17) is 5.11 Å². The zero-order valence-electron chi connectivity index (χ0n) is 12.2. The predicted octanol–water partition coefficient (Wildman–Crippen LogP) is 2.36. The van der Waals surface area contributed by atoms with Crippen LogP contribution >= 0.6 is 0 Å². The largest absolute Gasteiger partial charge is 0.480 e. The molecule has 0 unspecified atom stereocenters. The molecule has 22 heavy (non-hydrogen) atoms. The average molecular weight is 299 g/mol. The van der Waals surface area contributed by atoms with Crippen LogP contribution in [0.5, 0.6) is 0 Å². The van der Waals surface area contributed by atoms with Crippen molar-refractivity contribution in [3.8, 4) is 0 Å². The first-order chi connectivity index (χ1) is 10.5. The van der Waals surface area contributed by atoms with E-state index in [1.54, 1.807) is 42.8 Å². The van der Waals surface area contributed by atoms with Gasteiger partial charge in [0.05, 0.1) is 5.69 Å². The van der Waals surface area contributed by atoms with Crippen LogP contribution in [-0.2, 0) is 4.79 Å². The van der Waals surface area contributed by atoms with E-state index in [0.29, 0.717) is 11.3 Å². The molecule has 0 aromatic heterocycles. The van der Waals surface area contributed by atoms with Gasteiger partial charge in [0, 0.05) is 18.0 Å². The molecule has 6 heteroatoms. The van der Waals surface area contributed by atoms with Crippen LogP contribution in [0.15, 0.2) is 58.2 Å². The van der Waals surface area contributed by atoms with Crippen LogP contribution < -0.4 is 5.32 Å². The third-order valence-electron chi connectivity index (χ3n) is 2.50. The van der Waals surface area contributed by atoms with Gasteiger partial charge in [0.1, 0.15) is 6.54 Å². The van der Waals surface area contributed by atoms with Crippen LogP contribution in [0.3, 0.4) is 0 Å². The third kappa shape index (κ3) is 6.42. The van der Waals surface area contributed by atoms with Crippen molar-refractivity contribution in [3.63, 3.8) is 0 Å². The molecule has 114 valence electrons. The number of rotatable bonds is 7. The van der Waals surface area contributed by atoms with Gasteiger partial charge < -0.3 is 10.4 Å². The summed E-state index contributed by atoms with van der Waals surface area (Å²) in [6.45, 7) is 4.82. The highest BCUT2D eigenvalue weighted by Crippen LogP contribution is 2.13. The first kappa shape index (κ1) is 17.0. The van der Waals surface area contributed by atoms with Crippen LogP contribution in [0.1, 0.15) is 17.3 Å². The van der Waals surface area contributed by atoms with Gasteiger partial charge >= 0.3 is 5.97 Å². The molecule has 0 heterocycles. The van der Waals surface area contributed by atoms with Gasteiger partial charge in [0.25, 0.3) is 5.91 Å². The van der Waals surface area contributed by atoms with Crippen molar-refractivity contribution in [2.45, 2.75) is 6.92 Å². The number of nitrogens with zero attached hydrogens (tertiary/aromatic N) is 2. The van der Waals surface area contributed by atoms with E-state index in [9.17, 15) is 9.59 Å². The second kappa shape index (κ2) is 9.02. The Labute approximate surface area is 128 Å². The minimum atomic E-state index is -1.09. The fraction of sp³-hybridized carbons (Fsp3) is 0.125. The number of allylic oxidation sites excluding steroid dienone is 3. The molecule has 0 aliphatic rings. The minimum Gasteiger partial charge on any atom is -0.480 e. The SMILES string of the molecule is C=NC=CC=C(C)C=Nc1ccc(C(=O)NCC(=O)O)cc1. The monoisotopic (exact) mass is 299 g/mol. The number of hydrogen-bond acceptors (Lipinski definition) is 4. The second-order valence-corrected chi connectivity index (χ2v) is 4.32. The Bertz CT molecular complexity index is 629. The Morgan fingerprint density at radius 1 is 1.32 bits per heavy atom. The van der Waals surface area contributed by atoms with Crippen LogP contribution in [-0.4, -0.2) is 36.5 Å². The van der Waals surface area contributed by atoms with E-state index in [0.717, 1.165) is 5.57 Å². The molecule has 0 spiro atoms. The highest BCUT2D eigenvalue weighted by molar-refractivity contribution is 5.96. The van der Waals surface area contributed by atoms with Gasteiger partial charge in [-0.1, -0.05) is 6.08 Å². The number of carboxylic acid groups (broad SMARTS) is 1. The maximum absolute atomic E-state index is 11.6. The minimum absolute atomic E-state index is 0.382. The Morgan fingerprint density at radius 3 is 2.59 bits per heavy atom. The number of aliphatic imine (C=N–C) groups is 2. The molecule has 0 fully saturated rings. The van der Waals surface area contributed by atoms with E-state index in [1.165, 1.54) is 0 Å². The van der Waals surface area contributed by atoms with Crippen molar-refractivity contribution in [3.05, 3.63) is 53.8 Å². The molecule has 0 saturated heterocycles. The molecule has 1 rings (SSSR count). The average Bonchev–Trinajstić information content (AvgIpc) is 2.51. The summed E-state index contributed by atoms with van der Waals surface area (Å²) in [5.74, 6) is -1.52. The maximum Gasteiger partial charge on any atom is 0.322 e. The summed E-state index contributed by atoms with van der Waals surface area (Å²) < 4.78 is 0. The van der Waals surface area contributed by atoms with Crippen LogP contribution in [0.25, 0.3) is 0 Å². The number of carbonyl (C=O) groups is 2. The maximum atomic E-state index is 11.6. The first-order valence-corrected chi connectivity index (χ1v) is 6.46. The number of amides is 1. The van der Waals surface area contributed by atoms with Crippen molar-refractivity contribution >= 4 is 30.5 Å². The Kier molecular flexibility index (Phi) is 6.98. The highest BCUT2D eigenvalue weighted by Gasteiger charge is 2.06. The molecule has 0 radical (unpaired) electrons. The van der Waals surface area contributed by atoms with Gasteiger partial charge in [-0.15, -0.1) is 0 Å². The Balaban J connectivity index is 2.66. The molecule has 2 N–H and O–H groups in total. The summed E-state index contributed by atoms with van der Waals surface area (Å²) in [6, 6.07) is 6.54. The van der Waals surface area contributed by atoms with Gasteiger partial charge in [-0.05, 0) is 49.6 Å². The van der Waals surface area contributed by atoms with Crippen molar-refractivity contribution in [1.82, 2.24) is 5.32 Å². The summed E-state index contributed by atoms with van der Waals surface area (Å²) in [4.78, 5) is 29.9. The molecular weight excluding hydrogens is 282 g/mol. The first-order valence-electron chi connectivity index (χ1n) is 6.46. The molecule has 1 amide bonds. The van der Waals surface area contributed by atoms with Gasteiger partial charge in [0.15, 0.2) is 0 Å². The van der Waals surface area contributed by atoms with E-state index < -0.39 is 18.4 Å². The zero-order chi connectivity index (χ0) is 16.4.